The second-order valence-corrected chi connectivity index (χ2v) is 3.07. The molecule has 0 aliphatic heterocycles. The van der Waals surface area contributed by atoms with Crippen LogP contribution in [0.1, 0.15) is 5.56 Å². The minimum atomic E-state index is -0.607. The van der Waals surface area contributed by atoms with Crippen LogP contribution in [-0.2, 0) is 0 Å². The van der Waals surface area contributed by atoms with Gasteiger partial charge in [-0.15, -0.1) is 0 Å². The number of fused-ring (bicyclic) bond motifs is 1. The lowest BCUT2D eigenvalue weighted by Gasteiger charge is -2.05. The van der Waals surface area contributed by atoms with Gasteiger partial charge in [-0.25, -0.2) is 18.7 Å². The maximum atomic E-state index is 13.5. The van der Waals surface area contributed by atoms with E-state index < -0.39 is 11.6 Å². The van der Waals surface area contributed by atoms with Crippen LogP contribution in [0.4, 0.5) is 8.78 Å². The van der Waals surface area contributed by atoms with E-state index in [2.05, 4.69) is 16.5 Å². The average Bonchev–Trinajstić information content (AvgIpc) is 2.28. The lowest BCUT2D eigenvalue weighted by atomic mass is 10.2. The third kappa shape index (κ3) is 1.50. The Hall–Kier alpha value is -2.04. The average molecular weight is 222 g/mol. The molecule has 0 aliphatic rings. The zero-order valence-corrected chi connectivity index (χ0v) is 8.50. The fraction of sp³-hybridized carbons (Fsp3) is 0.0909. The van der Waals surface area contributed by atoms with Crippen molar-refractivity contribution in [2.45, 2.75) is 0 Å². The number of methoxy groups -OCH3 is 1. The molecule has 2 heterocycles. The van der Waals surface area contributed by atoms with Gasteiger partial charge in [0.2, 0.25) is 5.88 Å². The molecule has 0 amide bonds. The first kappa shape index (κ1) is 10.5. The fourth-order valence-corrected chi connectivity index (χ4v) is 1.40. The van der Waals surface area contributed by atoms with Crippen LogP contribution in [0.25, 0.3) is 17.1 Å². The van der Waals surface area contributed by atoms with Crippen molar-refractivity contribution in [3.05, 3.63) is 36.0 Å². The molecule has 0 N–H and O–H groups in total. The molecule has 3 nitrogen and oxygen atoms in total. The first-order chi connectivity index (χ1) is 7.67. The molecule has 0 aliphatic carbocycles. The molecule has 0 atom stereocenters. The van der Waals surface area contributed by atoms with Crippen molar-refractivity contribution in [3.8, 4) is 5.88 Å². The Kier molecular flexibility index (Phi) is 2.52. The number of ether oxygens (including phenoxy) is 1. The van der Waals surface area contributed by atoms with Crippen molar-refractivity contribution >= 4 is 17.1 Å². The highest BCUT2D eigenvalue weighted by atomic mass is 19.1. The van der Waals surface area contributed by atoms with Gasteiger partial charge < -0.3 is 4.74 Å². The molecule has 0 unspecified atom stereocenters. The Labute approximate surface area is 90.4 Å². The van der Waals surface area contributed by atoms with E-state index in [0.717, 1.165) is 12.3 Å². The number of pyridine rings is 2. The maximum absolute atomic E-state index is 13.5. The lowest BCUT2D eigenvalue weighted by Crippen LogP contribution is -1.97. The molecule has 0 bridgehead atoms. The predicted molar refractivity (Wildman–Crippen MR) is 56.1 cm³/mol. The summed E-state index contributed by atoms with van der Waals surface area (Å²) in [5.74, 6) is -1.13. The largest absolute Gasteiger partial charge is 0.481 e. The first-order valence-corrected chi connectivity index (χ1v) is 4.48. The summed E-state index contributed by atoms with van der Waals surface area (Å²) < 4.78 is 31.7. The van der Waals surface area contributed by atoms with Crippen molar-refractivity contribution in [2.24, 2.45) is 0 Å². The third-order valence-electron chi connectivity index (χ3n) is 2.16. The third-order valence-corrected chi connectivity index (χ3v) is 2.16. The summed E-state index contributed by atoms with van der Waals surface area (Å²) >= 11 is 0. The molecule has 2 rings (SSSR count). The van der Waals surface area contributed by atoms with Gasteiger partial charge in [0.1, 0.15) is 11.0 Å². The zero-order valence-electron chi connectivity index (χ0n) is 8.50. The summed E-state index contributed by atoms with van der Waals surface area (Å²) in [5.41, 5.74) is 0.215. The van der Waals surface area contributed by atoms with Crippen LogP contribution >= 0.6 is 0 Å². The summed E-state index contributed by atoms with van der Waals surface area (Å²) in [7, 11) is 1.36. The second kappa shape index (κ2) is 3.84. The second-order valence-electron chi connectivity index (χ2n) is 3.07. The van der Waals surface area contributed by atoms with Crippen LogP contribution in [0.2, 0.25) is 0 Å². The minimum Gasteiger partial charge on any atom is -0.481 e. The molecule has 5 heteroatoms. The van der Waals surface area contributed by atoms with Crippen LogP contribution in [0.15, 0.2) is 18.8 Å². The minimum absolute atomic E-state index is 0.00269. The summed E-state index contributed by atoms with van der Waals surface area (Å²) in [6.45, 7) is 3.46. The molecular formula is C11H8F2N2O. The van der Waals surface area contributed by atoms with E-state index >= 15 is 0 Å². The summed E-state index contributed by atoms with van der Waals surface area (Å²) in [6.07, 6.45) is 2.21. The topological polar surface area (TPSA) is 35.0 Å². The Bertz CT molecular complexity index is 569. The Morgan fingerprint density at radius 1 is 1.31 bits per heavy atom. The fourth-order valence-electron chi connectivity index (χ4n) is 1.40. The highest BCUT2D eigenvalue weighted by Crippen LogP contribution is 2.24. The first-order valence-electron chi connectivity index (χ1n) is 4.48. The number of hydrogen-bond donors (Lipinski definition) is 0. The van der Waals surface area contributed by atoms with Gasteiger partial charge in [-0.2, -0.15) is 0 Å². The highest BCUT2D eigenvalue weighted by Gasteiger charge is 2.13. The van der Waals surface area contributed by atoms with Crippen molar-refractivity contribution in [2.75, 3.05) is 7.11 Å². The molecule has 0 fully saturated rings. The maximum Gasteiger partial charge on any atom is 0.216 e. The molecule has 0 saturated carbocycles. The van der Waals surface area contributed by atoms with Crippen molar-refractivity contribution in [1.82, 2.24) is 9.97 Å². The van der Waals surface area contributed by atoms with E-state index in [9.17, 15) is 8.78 Å². The summed E-state index contributed by atoms with van der Waals surface area (Å²) in [6, 6.07) is 1.10. The number of aromatic nitrogens is 2. The van der Waals surface area contributed by atoms with Crippen LogP contribution in [0, 0.1) is 11.6 Å². The van der Waals surface area contributed by atoms with Gasteiger partial charge in [-0.05, 0) is 0 Å². The molecule has 0 aromatic carbocycles. The van der Waals surface area contributed by atoms with Gasteiger partial charge in [0.15, 0.2) is 11.6 Å². The number of halogens is 2. The molecule has 2 aromatic heterocycles. The van der Waals surface area contributed by atoms with E-state index in [-0.39, 0.29) is 22.5 Å². The smallest absolute Gasteiger partial charge is 0.216 e. The zero-order chi connectivity index (χ0) is 11.7. The van der Waals surface area contributed by atoms with Crippen molar-refractivity contribution in [3.63, 3.8) is 0 Å². The molecular weight excluding hydrogens is 214 g/mol. The van der Waals surface area contributed by atoms with Gasteiger partial charge in [-0.3, -0.25) is 0 Å². The molecule has 82 valence electrons. The number of hydrogen-bond acceptors (Lipinski definition) is 3. The highest BCUT2D eigenvalue weighted by molar-refractivity contribution is 5.84. The predicted octanol–water partition coefficient (Wildman–Crippen LogP) is 2.56. The van der Waals surface area contributed by atoms with Gasteiger partial charge >= 0.3 is 0 Å². The van der Waals surface area contributed by atoms with Gasteiger partial charge in [0.25, 0.3) is 0 Å². The van der Waals surface area contributed by atoms with E-state index in [4.69, 9.17) is 4.74 Å². The van der Waals surface area contributed by atoms with Gasteiger partial charge in [0.05, 0.1) is 13.3 Å². The SMILES string of the molecule is C=Cc1c(F)cnc2c(F)cc(OC)nc12. The normalized spacial score (nSPS) is 10.4. The van der Waals surface area contributed by atoms with Crippen molar-refractivity contribution in [1.29, 1.82) is 0 Å². The summed E-state index contributed by atoms with van der Waals surface area (Å²) in [5, 5.41) is 0. The summed E-state index contributed by atoms with van der Waals surface area (Å²) in [4.78, 5) is 7.60. The molecule has 2 aromatic rings. The molecule has 0 radical (unpaired) electrons. The van der Waals surface area contributed by atoms with Crippen LogP contribution in [0.5, 0.6) is 5.88 Å². The standard InChI is InChI=1S/C11H8F2N2O/c1-3-6-8(13)5-14-11-7(12)4-9(16-2)15-10(6)11/h3-5H,1H2,2H3. The van der Waals surface area contributed by atoms with Crippen LogP contribution in [0.3, 0.4) is 0 Å². The number of rotatable bonds is 2. The Morgan fingerprint density at radius 3 is 2.69 bits per heavy atom. The van der Waals surface area contributed by atoms with Crippen LogP contribution < -0.4 is 4.74 Å². The van der Waals surface area contributed by atoms with E-state index in [0.29, 0.717) is 0 Å². The van der Waals surface area contributed by atoms with E-state index in [1.54, 1.807) is 0 Å². The van der Waals surface area contributed by atoms with Gasteiger partial charge in [-0.1, -0.05) is 12.7 Å². The van der Waals surface area contributed by atoms with E-state index in [1.165, 1.54) is 13.2 Å². The number of nitrogens with zero attached hydrogens (tertiary/aromatic N) is 2. The molecule has 16 heavy (non-hydrogen) atoms. The monoisotopic (exact) mass is 222 g/mol. The molecule has 0 spiro atoms. The van der Waals surface area contributed by atoms with E-state index in [1.807, 2.05) is 0 Å². The Morgan fingerprint density at radius 2 is 2.06 bits per heavy atom. The van der Waals surface area contributed by atoms with Crippen molar-refractivity contribution < 1.29 is 13.5 Å². The molecule has 0 saturated heterocycles. The van der Waals surface area contributed by atoms with Crippen LogP contribution in [-0.4, -0.2) is 17.1 Å². The lowest BCUT2D eigenvalue weighted by molar-refractivity contribution is 0.396. The quantitative estimate of drug-likeness (QED) is 0.783. The van der Waals surface area contributed by atoms with Gasteiger partial charge in [0, 0.05) is 11.6 Å². The Balaban J connectivity index is 2.90.